The van der Waals surface area contributed by atoms with Crippen molar-refractivity contribution in [1.29, 1.82) is 0 Å². The van der Waals surface area contributed by atoms with Crippen LogP contribution >= 0.6 is 0 Å². The third kappa shape index (κ3) is 5.26. The van der Waals surface area contributed by atoms with Crippen LogP contribution in [0, 0.1) is 0 Å². The van der Waals surface area contributed by atoms with Crippen LogP contribution in [-0.2, 0) is 0 Å². The Balaban J connectivity index is 3.15. The van der Waals surface area contributed by atoms with Gasteiger partial charge in [0.15, 0.2) is 0 Å². The summed E-state index contributed by atoms with van der Waals surface area (Å²) in [7, 11) is 1.97. The molecule has 0 aliphatic heterocycles. The largest absolute Gasteiger partial charge is 0.329 e. The highest BCUT2D eigenvalue weighted by Gasteiger charge is 1.90. The monoisotopic (exact) mass is 130 g/mol. The van der Waals surface area contributed by atoms with Crippen LogP contribution in [0.15, 0.2) is 5.10 Å². The van der Waals surface area contributed by atoms with Crippen LogP contribution in [0.2, 0.25) is 0 Å². The first-order valence-corrected chi connectivity index (χ1v) is 2.91. The van der Waals surface area contributed by atoms with Crippen molar-refractivity contribution in [2.24, 2.45) is 16.7 Å². The maximum atomic E-state index is 5.28. The Morgan fingerprint density at radius 3 is 2.78 bits per heavy atom. The number of rotatable bonds is 4. The summed E-state index contributed by atoms with van der Waals surface area (Å²) < 4.78 is 0. The minimum atomic E-state index is 0.676. The second-order valence-electron chi connectivity index (χ2n) is 1.88. The topological polar surface area (TPSA) is 67.6 Å². The van der Waals surface area contributed by atoms with Crippen LogP contribution in [0.1, 0.15) is 0 Å². The summed E-state index contributed by atoms with van der Waals surface area (Å²) in [5.74, 6) is 4.88. The lowest BCUT2D eigenvalue weighted by Crippen LogP contribution is -2.27. The molecule has 0 saturated heterocycles. The van der Waals surface area contributed by atoms with E-state index >= 15 is 0 Å². The Morgan fingerprint density at radius 2 is 2.33 bits per heavy atom. The molecule has 0 bridgehead atoms. The van der Waals surface area contributed by atoms with E-state index in [4.69, 9.17) is 11.6 Å². The molecule has 0 aromatic carbocycles. The molecular weight excluding hydrogens is 116 g/mol. The van der Waals surface area contributed by atoms with Crippen LogP contribution in [0.4, 0.5) is 0 Å². The number of hydrogen-bond acceptors (Lipinski definition) is 4. The van der Waals surface area contributed by atoms with Crippen molar-refractivity contribution in [2.45, 2.75) is 0 Å². The molecule has 9 heavy (non-hydrogen) atoms. The number of nitrogens with zero attached hydrogens (tertiary/aromatic N) is 2. The number of hydrogen-bond donors (Lipinski definition) is 2. The van der Waals surface area contributed by atoms with E-state index in [-0.39, 0.29) is 0 Å². The Labute approximate surface area is 55.5 Å². The van der Waals surface area contributed by atoms with E-state index in [9.17, 15) is 0 Å². The number of likely N-dealkylation sites (N-methyl/N-ethyl adjacent to an activating group) is 1. The maximum absolute atomic E-state index is 5.28. The van der Waals surface area contributed by atoms with E-state index in [1.54, 1.807) is 6.21 Å². The van der Waals surface area contributed by atoms with Crippen molar-refractivity contribution < 1.29 is 0 Å². The normalized spacial score (nSPS) is 11.4. The summed E-state index contributed by atoms with van der Waals surface area (Å²) in [6.07, 6.45) is 1.65. The predicted octanol–water partition coefficient (Wildman–Crippen LogP) is -1.18. The summed E-state index contributed by atoms with van der Waals surface area (Å²) in [4.78, 5) is 2.04. The molecular formula is C5H14N4. The molecule has 0 heterocycles. The Morgan fingerprint density at radius 1 is 1.67 bits per heavy atom. The molecule has 0 aromatic rings. The van der Waals surface area contributed by atoms with Crippen molar-refractivity contribution >= 4 is 6.21 Å². The van der Waals surface area contributed by atoms with Crippen molar-refractivity contribution in [1.82, 2.24) is 4.90 Å². The average molecular weight is 130 g/mol. The van der Waals surface area contributed by atoms with Gasteiger partial charge in [-0.15, -0.1) is 0 Å². The summed E-state index contributed by atoms with van der Waals surface area (Å²) in [5.41, 5.74) is 5.28. The van der Waals surface area contributed by atoms with E-state index in [1.807, 2.05) is 11.9 Å². The van der Waals surface area contributed by atoms with Crippen LogP contribution in [-0.4, -0.2) is 37.8 Å². The SMILES string of the molecule is CN(C/C=N/N)CCN. The van der Waals surface area contributed by atoms with Crippen LogP contribution in [0.3, 0.4) is 0 Å². The first-order chi connectivity index (χ1) is 4.31. The highest BCUT2D eigenvalue weighted by molar-refractivity contribution is 5.58. The molecule has 0 aliphatic rings. The van der Waals surface area contributed by atoms with E-state index < -0.39 is 0 Å². The molecule has 0 atom stereocenters. The van der Waals surface area contributed by atoms with Crippen LogP contribution in [0.5, 0.6) is 0 Å². The molecule has 0 saturated carbocycles. The molecule has 0 rings (SSSR count). The van der Waals surface area contributed by atoms with Crippen molar-refractivity contribution in [3.8, 4) is 0 Å². The molecule has 0 amide bonds. The molecule has 54 valence electrons. The Bertz CT molecular complexity index is 81.0. The summed E-state index contributed by atoms with van der Waals surface area (Å²) in [6.45, 7) is 2.33. The molecule has 4 N–H and O–H groups in total. The molecule has 0 aliphatic carbocycles. The minimum Gasteiger partial charge on any atom is -0.329 e. The van der Waals surface area contributed by atoms with Crippen LogP contribution in [0.25, 0.3) is 0 Å². The van der Waals surface area contributed by atoms with Gasteiger partial charge in [-0.25, -0.2) is 0 Å². The number of hydrazone groups is 1. The zero-order chi connectivity index (χ0) is 7.11. The van der Waals surface area contributed by atoms with Gasteiger partial charge in [0.2, 0.25) is 0 Å². The second kappa shape index (κ2) is 5.53. The van der Waals surface area contributed by atoms with Gasteiger partial charge in [0, 0.05) is 25.8 Å². The highest BCUT2D eigenvalue weighted by atomic mass is 15.1. The predicted molar refractivity (Wildman–Crippen MR) is 39.2 cm³/mol. The minimum absolute atomic E-state index is 0.676. The number of nitrogens with two attached hydrogens (primary N) is 2. The molecule has 4 heteroatoms. The Kier molecular flexibility index (Phi) is 5.15. The van der Waals surface area contributed by atoms with Gasteiger partial charge < -0.3 is 11.6 Å². The van der Waals surface area contributed by atoms with Gasteiger partial charge in [-0.05, 0) is 7.05 Å². The lowest BCUT2D eigenvalue weighted by atomic mass is 10.5. The smallest absolute Gasteiger partial charge is 0.0380 e. The highest BCUT2D eigenvalue weighted by Crippen LogP contribution is 1.74. The van der Waals surface area contributed by atoms with E-state index in [0.717, 1.165) is 13.1 Å². The first kappa shape index (κ1) is 8.39. The molecule has 4 nitrogen and oxygen atoms in total. The Hall–Kier alpha value is -0.610. The summed E-state index contributed by atoms with van der Waals surface area (Å²) in [5, 5.41) is 3.35. The van der Waals surface area contributed by atoms with Crippen LogP contribution < -0.4 is 11.6 Å². The van der Waals surface area contributed by atoms with E-state index in [0.29, 0.717) is 6.54 Å². The third-order valence-corrected chi connectivity index (χ3v) is 1.01. The zero-order valence-corrected chi connectivity index (χ0v) is 5.75. The molecule has 0 spiro atoms. The first-order valence-electron chi connectivity index (χ1n) is 2.91. The quantitative estimate of drug-likeness (QED) is 0.286. The van der Waals surface area contributed by atoms with Gasteiger partial charge in [0.25, 0.3) is 0 Å². The van der Waals surface area contributed by atoms with Crippen molar-refractivity contribution in [3.63, 3.8) is 0 Å². The van der Waals surface area contributed by atoms with E-state index in [1.165, 1.54) is 0 Å². The fourth-order valence-corrected chi connectivity index (χ4v) is 0.498. The third-order valence-electron chi connectivity index (χ3n) is 1.01. The maximum Gasteiger partial charge on any atom is 0.0380 e. The molecule has 0 fully saturated rings. The summed E-state index contributed by atoms with van der Waals surface area (Å²) in [6, 6.07) is 0. The van der Waals surface area contributed by atoms with Gasteiger partial charge in [0.05, 0.1) is 0 Å². The van der Waals surface area contributed by atoms with Gasteiger partial charge >= 0.3 is 0 Å². The fourth-order valence-electron chi connectivity index (χ4n) is 0.498. The standard InChI is InChI=1S/C5H14N4/c1-9(4-2-6)5-3-8-7/h3H,2,4-7H2,1H3/b8-3+. The molecule has 0 unspecified atom stereocenters. The van der Waals surface area contributed by atoms with E-state index in [2.05, 4.69) is 5.10 Å². The second-order valence-corrected chi connectivity index (χ2v) is 1.88. The lowest BCUT2D eigenvalue weighted by Gasteiger charge is -2.10. The van der Waals surface area contributed by atoms with Gasteiger partial charge in [-0.3, -0.25) is 4.90 Å². The van der Waals surface area contributed by atoms with Crippen molar-refractivity contribution in [3.05, 3.63) is 0 Å². The lowest BCUT2D eigenvalue weighted by molar-refractivity contribution is 0.394. The average Bonchev–Trinajstić information content (AvgIpc) is 1.85. The molecule has 0 radical (unpaired) electrons. The summed E-state index contributed by atoms with van der Waals surface area (Å²) >= 11 is 0. The van der Waals surface area contributed by atoms with Gasteiger partial charge in [0.1, 0.15) is 0 Å². The van der Waals surface area contributed by atoms with Gasteiger partial charge in [-0.2, -0.15) is 5.10 Å². The van der Waals surface area contributed by atoms with Gasteiger partial charge in [-0.1, -0.05) is 0 Å². The van der Waals surface area contributed by atoms with Crippen molar-refractivity contribution in [2.75, 3.05) is 26.7 Å². The zero-order valence-electron chi connectivity index (χ0n) is 5.75. The molecule has 0 aromatic heterocycles. The fraction of sp³-hybridized carbons (Fsp3) is 0.800.